The van der Waals surface area contributed by atoms with Gasteiger partial charge in [0.2, 0.25) is 0 Å². The van der Waals surface area contributed by atoms with Crippen molar-refractivity contribution in [3.8, 4) is 5.75 Å². The average Bonchev–Trinajstić information content (AvgIpc) is 2.65. The third kappa shape index (κ3) is 3.34. The maximum absolute atomic E-state index is 12.5. The Kier molecular flexibility index (Phi) is 5.06. The van der Waals surface area contributed by atoms with E-state index in [-0.39, 0.29) is 18.4 Å². The first kappa shape index (κ1) is 18.1. The molecule has 3 rings (SSSR count). The fourth-order valence-corrected chi connectivity index (χ4v) is 3.67. The van der Waals surface area contributed by atoms with E-state index in [1.807, 2.05) is 0 Å². The zero-order chi connectivity index (χ0) is 18.8. The first-order chi connectivity index (χ1) is 12.4. The maximum Gasteiger partial charge on any atom is 0.303 e. The average molecular weight is 358 g/mol. The highest BCUT2D eigenvalue weighted by molar-refractivity contribution is 6.03. The highest BCUT2D eigenvalue weighted by atomic mass is 16.4. The summed E-state index contributed by atoms with van der Waals surface area (Å²) in [5.74, 6) is -1.83. The Morgan fingerprint density at radius 2 is 1.92 bits per heavy atom. The summed E-state index contributed by atoms with van der Waals surface area (Å²) in [5, 5.41) is 19.7. The summed E-state index contributed by atoms with van der Waals surface area (Å²) in [6.45, 7) is 0. The van der Waals surface area contributed by atoms with E-state index in [2.05, 4.69) is 4.98 Å². The van der Waals surface area contributed by atoms with Gasteiger partial charge in [0.05, 0.1) is 11.8 Å². The summed E-state index contributed by atoms with van der Waals surface area (Å²) >= 11 is 0. The van der Waals surface area contributed by atoms with Crippen molar-refractivity contribution >= 4 is 22.8 Å². The SMILES string of the molecule is Cn1c(=O)c(C(=O)CCC(=O)O)c(O)c2cc(C3CCCCC3)cnc21. The van der Waals surface area contributed by atoms with Crippen LogP contribution in [0.15, 0.2) is 17.1 Å². The summed E-state index contributed by atoms with van der Waals surface area (Å²) < 4.78 is 1.23. The van der Waals surface area contributed by atoms with Gasteiger partial charge in [-0.25, -0.2) is 4.98 Å². The zero-order valence-corrected chi connectivity index (χ0v) is 14.7. The number of carbonyl (C=O) groups excluding carboxylic acids is 1. The molecule has 0 bridgehead atoms. The van der Waals surface area contributed by atoms with Crippen molar-refractivity contribution in [1.82, 2.24) is 9.55 Å². The van der Waals surface area contributed by atoms with E-state index in [0.717, 1.165) is 31.2 Å². The van der Waals surface area contributed by atoms with Crippen molar-refractivity contribution in [3.63, 3.8) is 0 Å². The molecule has 138 valence electrons. The Morgan fingerprint density at radius 3 is 2.58 bits per heavy atom. The van der Waals surface area contributed by atoms with Crippen LogP contribution in [0.5, 0.6) is 5.75 Å². The lowest BCUT2D eigenvalue weighted by Gasteiger charge is -2.22. The number of nitrogens with zero attached hydrogens (tertiary/aromatic N) is 2. The highest BCUT2D eigenvalue weighted by Gasteiger charge is 2.23. The predicted octanol–water partition coefficient (Wildman–Crippen LogP) is 2.73. The van der Waals surface area contributed by atoms with E-state index >= 15 is 0 Å². The minimum absolute atomic E-state index is 0.307. The molecule has 0 unspecified atom stereocenters. The number of hydrogen-bond acceptors (Lipinski definition) is 5. The molecule has 2 heterocycles. The molecule has 2 N–H and O–H groups in total. The first-order valence-corrected chi connectivity index (χ1v) is 8.86. The van der Waals surface area contributed by atoms with E-state index in [1.54, 1.807) is 12.3 Å². The molecular formula is C19H22N2O5. The van der Waals surface area contributed by atoms with Crippen molar-refractivity contribution in [2.45, 2.75) is 50.9 Å². The van der Waals surface area contributed by atoms with Gasteiger partial charge < -0.3 is 10.2 Å². The molecule has 0 amide bonds. The van der Waals surface area contributed by atoms with Gasteiger partial charge in [-0.1, -0.05) is 19.3 Å². The van der Waals surface area contributed by atoms with Gasteiger partial charge in [0.25, 0.3) is 5.56 Å². The van der Waals surface area contributed by atoms with Gasteiger partial charge in [-0.15, -0.1) is 0 Å². The van der Waals surface area contributed by atoms with Crippen molar-refractivity contribution in [2.24, 2.45) is 7.05 Å². The Morgan fingerprint density at radius 1 is 1.23 bits per heavy atom. The summed E-state index contributed by atoms with van der Waals surface area (Å²) in [6, 6.07) is 1.81. The van der Waals surface area contributed by atoms with Crippen LogP contribution in [0.1, 0.15) is 66.8 Å². The molecule has 1 fully saturated rings. The lowest BCUT2D eigenvalue weighted by Crippen LogP contribution is -2.26. The van der Waals surface area contributed by atoms with Gasteiger partial charge in [-0.3, -0.25) is 19.0 Å². The number of rotatable bonds is 5. The maximum atomic E-state index is 12.5. The van der Waals surface area contributed by atoms with Crippen LogP contribution in [0, 0.1) is 0 Å². The zero-order valence-electron chi connectivity index (χ0n) is 14.7. The van der Waals surface area contributed by atoms with Gasteiger partial charge >= 0.3 is 5.97 Å². The molecule has 7 heteroatoms. The lowest BCUT2D eigenvalue weighted by molar-refractivity contribution is -0.136. The lowest BCUT2D eigenvalue weighted by atomic mass is 9.84. The number of ketones is 1. The first-order valence-electron chi connectivity index (χ1n) is 8.86. The van der Waals surface area contributed by atoms with Gasteiger partial charge in [0.1, 0.15) is 17.0 Å². The molecule has 26 heavy (non-hydrogen) atoms. The Bertz CT molecular complexity index is 926. The van der Waals surface area contributed by atoms with Crippen LogP contribution < -0.4 is 5.56 Å². The quantitative estimate of drug-likeness (QED) is 0.795. The van der Waals surface area contributed by atoms with Crippen LogP contribution in [0.4, 0.5) is 0 Å². The fourth-order valence-electron chi connectivity index (χ4n) is 3.67. The Balaban J connectivity index is 2.09. The second kappa shape index (κ2) is 7.27. The topological polar surface area (TPSA) is 109 Å². The van der Waals surface area contributed by atoms with Gasteiger partial charge in [-0.2, -0.15) is 0 Å². The number of carboxylic acids is 1. The Labute approximate surface area is 150 Å². The molecule has 1 aliphatic carbocycles. The molecule has 2 aromatic rings. The number of Topliss-reactive ketones (excluding diaryl/α,β-unsaturated/α-hetero) is 1. The van der Waals surface area contributed by atoms with Crippen LogP contribution in [0.2, 0.25) is 0 Å². The number of aryl methyl sites for hydroxylation is 1. The molecule has 0 aromatic carbocycles. The number of carboxylic acid groups (broad SMARTS) is 1. The molecule has 0 atom stereocenters. The molecular weight excluding hydrogens is 336 g/mol. The highest BCUT2D eigenvalue weighted by Crippen LogP contribution is 2.35. The number of fused-ring (bicyclic) bond motifs is 1. The standard InChI is InChI=1S/C19H22N2O5/c1-21-18-13(9-12(10-20-18)11-5-3-2-4-6-11)17(25)16(19(21)26)14(22)7-8-15(23)24/h9-11,25H,2-8H2,1H3,(H,23,24). The number of aromatic hydroxyl groups is 1. The van der Waals surface area contributed by atoms with Gasteiger partial charge in [0, 0.05) is 19.7 Å². The largest absolute Gasteiger partial charge is 0.506 e. The van der Waals surface area contributed by atoms with Crippen LogP contribution in [-0.4, -0.2) is 31.5 Å². The molecule has 0 spiro atoms. The summed E-state index contributed by atoms with van der Waals surface area (Å²) in [4.78, 5) is 39.8. The monoisotopic (exact) mass is 358 g/mol. The van der Waals surface area contributed by atoms with Gasteiger partial charge in [0.15, 0.2) is 5.78 Å². The van der Waals surface area contributed by atoms with E-state index in [0.29, 0.717) is 17.0 Å². The molecule has 1 aliphatic rings. The molecule has 0 aliphatic heterocycles. The number of hydrogen-bond donors (Lipinski definition) is 2. The number of carbonyl (C=O) groups is 2. The van der Waals surface area contributed by atoms with Crippen molar-refractivity contribution < 1.29 is 19.8 Å². The van der Waals surface area contributed by atoms with Crippen LogP contribution >= 0.6 is 0 Å². The minimum atomic E-state index is -1.13. The van der Waals surface area contributed by atoms with Crippen LogP contribution in [0.3, 0.4) is 0 Å². The summed E-state index contributed by atoms with van der Waals surface area (Å²) in [5.41, 5.74) is 0.282. The smallest absolute Gasteiger partial charge is 0.303 e. The molecule has 0 radical (unpaired) electrons. The van der Waals surface area contributed by atoms with E-state index in [1.165, 1.54) is 18.0 Å². The molecule has 2 aromatic heterocycles. The number of aliphatic carboxylic acids is 1. The van der Waals surface area contributed by atoms with Gasteiger partial charge in [-0.05, 0) is 30.4 Å². The normalized spacial score (nSPS) is 15.3. The van der Waals surface area contributed by atoms with Crippen LogP contribution in [-0.2, 0) is 11.8 Å². The van der Waals surface area contributed by atoms with E-state index in [4.69, 9.17) is 5.11 Å². The van der Waals surface area contributed by atoms with Crippen molar-refractivity contribution in [3.05, 3.63) is 33.7 Å². The molecule has 0 saturated heterocycles. The molecule has 7 nitrogen and oxygen atoms in total. The second-order valence-electron chi connectivity index (χ2n) is 6.88. The van der Waals surface area contributed by atoms with E-state index in [9.17, 15) is 19.5 Å². The molecule has 1 saturated carbocycles. The second-order valence-corrected chi connectivity index (χ2v) is 6.88. The third-order valence-corrected chi connectivity index (χ3v) is 5.14. The fraction of sp³-hybridized carbons (Fsp3) is 0.474. The van der Waals surface area contributed by atoms with E-state index < -0.39 is 23.1 Å². The van der Waals surface area contributed by atoms with Crippen molar-refractivity contribution in [2.75, 3.05) is 0 Å². The number of aromatic nitrogens is 2. The number of pyridine rings is 2. The third-order valence-electron chi connectivity index (χ3n) is 5.14. The minimum Gasteiger partial charge on any atom is -0.506 e. The summed E-state index contributed by atoms with van der Waals surface area (Å²) in [6.07, 6.45) is 6.66. The Hall–Kier alpha value is -2.70. The summed E-state index contributed by atoms with van der Waals surface area (Å²) in [7, 11) is 1.49. The predicted molar refractivity (Wildman–Crippen MR) is 95.7 cm³/mol. The van der Waals surface area contributed by atoms with Crippen LogP contribution in [0.25, 0.3) is 11.0 Å². The van der Waals surface area contributed by atoms with Crippen molar-refractivity contribution in [1.29, 1.82) is 0 Å².